The number of benzene rings is 1. The van der Waals surface area contributed by atoms with Crippen LogP contribution in [0.3, 0.4) is 0 Å². The maximum Gasteiger partial charge on any atom is 0.329 e. The van der Waals surface area contributed by atoms with Gasteiger partial charge in [0.1, 0.15) is 12.4 Å². The number of carboxylic acid groups (broad SMARTS) is 1. The summed E-state index contributed by atoms with van der Waals surface area (Å²) in [5.41, 5.74) is 2.56. The summed E-state index contributed by atoms with van der Waals surface area (Å²) < 4.78 is 24.4. The SMILES string of the molecule is C.O=C(O)COC1CCc2cc(OCCCC3CCNCC3)ccc2C1.[3H]F. The predicted molar refractivity (Wildman–Crippen MR) is 105 cm³/mol. The number of nitrogens with one attached hydrogen (secondary N) is 1. The minimum atomic E-state index is -0.904. The monoisotopic (exact) mass is 385 g/mol. The Kier molecular flexibility index (Phi) is 9.56. The highest BCUT2D eigenvalue weighted by Gasteiger charge is 2.20. The number of fused-ring (bicyclic) bond motifs is 1. The minimum absolute atomic E-state index is 0. The molecular weight excluding hydrogens is 349 g/mol. The van der Waals surface area contributed by atoms with Crippen molar-refractivity contribution in [1.82, 2.24) is 5.32 Å². The molecule has 1 atom stereocenters. The second-order valence-corrected chi connectivity index (χ2v) is 7.18. The summed E-state index contributed by atoms with van der Waals surface area (Å²) in [5.74, 6) is 0.907. The highest BCUT2D eigenvalue weighted by molar-refractivity contribution is 5.68. The summed E-state index contributed by atoms with van der Waals surface area (Å²) in [5, 5.41) is 12.1. The Bertz CT molecular complexity index is 582. The number of piperidine rings is 1. The van der Waals surface area contributed by atoms with Crippen molar-refractivity contribution in [3.8, 4) is 5.75 Å². The molecule has 1 aliphatic heterocycles. The summed E-state index contributed by atoms with van der Waals surface area (Å²) in [6.45, 7) is 2.90. The highest BCUT2D eigenvalue weighted by atomic mass is 19.0. The second-order valence-electron chi connectivity index (χ2n) is 7.18. The van der Waals surface area contributed by atoms with Gasteiger partial charge in [0.05, 0.1) is 12.7 Å². The molecule has 6 heteroatoms. The van der Waals surface area contributed by atoms with Gasteiger partial charge in [-0.05, 0) is 87.2 Å². The zero-order valence-corrected chi connectivity index (χ0v) is 15.2. The van der Waals surface area contributed by atoms with E-state index in [4.69, 9.17) is 19.3 Å². The molecule has 1 fully saturated rings. The van der Waals surface area contributed by atoms with Crippen LogP contribution < -0.4 is 10.1 Å². The molecular formula is C21H34FNO4. The number of hydrogen-bond donors (Lipinski definition) is 2. The first-order valence-electron chi connectivity index (χ1n) is 9.87. The number of ether oxygens (including phenoxy) is 2. The quantitative estimate of drug-likeness (QED) is 0.670. The van der Waals surface area contributed by atoms with Crippen molar-refractivity contribution in [1.29, 1.82) is 1.45 Å². The Hall–Kier alpha value is -1.66. The lowest BCUT2D eigenvalue weighted by atomic mass is 9.89. The van der Waals surface area contributed by atoms with E-state index >= 15 is 0 Å². The Morgan fingerprint density at radius 3 is 2.78 bits per heavy atom. The summed E-state index contributed by atoms with van der Waals surface area (Å²) >= 11 is 0. The van der Waals surface area contributed by atoms with Gasteiger partial charge in [0, 0.05) is 0 Å². The number of hydrogen-bond acceptors (Lipinski definition) is 4. The van der Waals surface area contributed by atoms with Gasteiger partial charge in [0.25, 0.3) is 1.45 Å². The number of aliphatic carboxylic acids is 1. The van der Waals surface area contributed by atoms with Crippen LogP contribution in [0.15, 0.2) is 18.2 Å². The fraction of sp³-hybridized carbons (Fsp3) is 0.667. The van der Waals surface area contributed by atoms with Crippen LogP contribution in [0.2, 0.25) is 0 Å². The van der Waals surface area contributed by atoms with E-state index in [0.717, 1.165) is 57.0 Å². The minimum Gasteiger partial charge on any atom is -0.494 e. The van der Waals surface area contributed by atoms with Crippen molar-refractivity contribution in [3.63, 3.8) is 0 Å². The van der Waals surface area contributed by atoms with Crippen LogP contribution in [-0.4, -0.2) is 44.9 Å². The number of carboxylic acids is 1. The second kappa shape index (κ2) is 11.9. The van der Waals surface area contributed by atoms with Gasteiger partial charge < -0.3 is 19.9 Å². The van der Waals surface area contributed by atoms with Crippen LogP contribution >= 0.6 is 0 Å². The molecule has 3 rings (SSSR count). The lowest BCUT2D eigenvalue weighted by molar-refractivity contribution is -0.144. The Morgan fingerprint density at radius 1 is 1.26 bits per heavy atom. The van der Waals surface area contributed by atoms with Gasteiger partial charge in [-0.2, -0.15) is 0 Å². The molecule has 0 spiro atoms. The first kappa shape index (κ1) is 21.6. The van der Waals surface area contributed by atoms with Crippen LogP contribution in [0.1, 0.15) is 50.7 Å². The molecule has 154 valence electrons. The van der Waals surface area contributed by atoms with E-state index in [9.17, 15) is 4.79 Å². The van der Waals surface area contributed by atoms with E-state index in [-0.39, 0.29) is 20.1 Å². The van der Waals surface area contributed by atoms with E-state index in [1.807, 2.05) is 6.07 Å². The lowest BCUT2D eigenvalue weighted by Crippen LogP contribution is -2.27. The van der Waals surface area contributed by atoms with Gasteiger partial charge in [-0.25, -0.2) is 4.79 Å². The first-order chi connectivity index (χ1) is 13.2. The Labute approximate surface area is 163 Å². The molecule has 1 saturated heterocycles. The summed E-state index contributed by atoms with van der Waals surface area (Å²) in [6, 6.07) is 6.28. The molecule has 5 nitrogen and oxygen atoms in total. The molecule has 0 amide bonds. The van der Waals surface area contributed by atoms with Crippen molar-refractivity contribution in [2.24, 2.45) is 5.92 Å². The summed E-state index contributed by atoms with van der Waals surface area (Å²) in [4.78, 5) is 10.6. The van der Waals surface area contributed by atoms with Crippen LogP contribution in [0, 0.1) is 5.92 Å². The average molecular weight is 386 g/mol. The Balaban J connectivity index is 0.00000127. The molecule has 27 heavy (non-hydrogen) atoms. The molecule has 1 unspecified atom stereocenters. The molecule has 0 radical (unpaired) electrons. The smallest absolute Gasteiger partial charge is 0.329 e. The van der Waals surface area contributed by atoms with Gasteiger partial charge in [-0.1, -0.05) is 13.5 Å². The molecule has 1 aromatic carbocycles. The standard InChI is InChI=1S/C20H29NO4.CH4.FH/c22-20(23)14-25-19-6-4-16-12-18(5-3-17(16)13-19)24-11-1-2-15-7-9-21-10-8-15;;/h3,5,12,15,19,21H,1-2,4,6-11,13-14H2,(H,22,23);1H4;1H/i/hT. The molecule has 2 aliphatic rings. The molecule has 2 N–H and O–H groups in total. The van der Waals surface area contributed by atoms with Crippen LogP contribution in [0.25, 0.3) is 0 Å². The topological polar surface area (TPSA) is 67.8 Å². The number of rotatable bonds is 8. The molecule has 0 aromatic heterocycles. The number of aryl methyl sites for hydroxylation is 1. The van der Waals surface area contributed by atoms with Crippen molar-refractivity contribution in [3.05, 3.63) is 29.3 Å². The molecule has 1 heterocycles. The van der Waals surface area contributed by atoms with E-state index in [1.54, 1.807) is 0 Å². The lowest BCUT2D eigenvalue weighted by Gasteiger charge is -2.25. The van der Waals surface area contributed by atoms with Crippen molar-refractivity contribution >= 4 is 5.97 Å². The zero-order valence-electron chi connectivity index (χ0n) is 16.2. The van der Waals surface area contributed by atoms with Crippen molar-refractivity contribution in [2.45, 2.75) is 58.5 Å². The van der Waals surface area contributed by atoms with Crippen molar-refractivity contribution in [2.75, 3.05) is 26.3 Å². The van der Waals surface area contributed by atoms with Crippen LogP contribution in [0.4, 0.5) is 4.72 Å². The number of halogens is 1. The predicted octanol–water partition coefficient (Wildman–Crippen LogP) is 3.59. The third kappa shape index (κ3) is 7.46. The fourth-order valence-corrected chi connectivity index (χ4v) is 3.85. The van der Waals surface area contributed by atoms with Crippen molar-refractivity contribution < 1.29 is 24.1 Å². The molecule has 0 saturated carbocycles. The van der Waals surface area contributed by atoms with E-state index in [1.165, 1.54) is 30.4 Å². The largest absolute Gasteiger partial charge is 0.494 e. The van der Waals surface area contributed by atoms with Gasteiger partial charge in [0.15, 0.2) is 0 Å². The van der Waals surface area contributed by atoms with Crippen LogP contribution in [-0.2, 0) is 22.4 Å². The van der Waals surface area contributed by atoms with Gasteiger partial charge in [0.2, 0.25) is 0 Å². The Morgan fingerprint density at radius 2 is 2.04 bits per heavy atom. The van der Waals surface area contributed by atoms with Gasteiger partial charge in [-0.15, -0.1) is 0 Å². The van der Waals surface area contributed by atoms with Gasteiger partial charge in [-0.3, -0.25) is 4.72 Å². The summed E-state index contributed by atoms with van der Waals surface area (Å²) in [7, 11) is 0. The van der Waals surface area contributed by atoms with Crippen LogP contribution in [0.5, 0.6) is 5.75 Å². The fourth-order valence-electron chi connectivity index (χ4n) is 3.85. The number of carbonyl (C=O) groups is 1. The maximum atomic E-state index is 10.6. The van der Waals surface area contributed by atoms with E-state index in [0.29, 0.717) is 0 Å². The van der Waals surface area contributed by atoms with Gasteiger partial charge >= 0.3 is 5.97 Å². The third-order valence-corrected chi connectivity index (χ3v) is 5.29. The molecule has 1 aromatic rings. The van der Waals surface area contributed by atoms with E-state index < -0.39 is 5.97 Å². The highest BCUT2D eigenvalue weighted by Crippen LogP contribution is 2.27. The average Bonchev–Trinajstić information content (AvgIpc) is 2.72. The normalized spacial score (nSPS) is 19.6. The van der Waals surface area contributed by atoms with E-state index in [2.05, 4.69) is 18.9 Å². The molecule has 1 aliphatic carbocycles. The summed E-state index contributed by atoms with van der Waals surface area (Å²) in [6.07, 6.45) is 7.57. The maximum absolute atomic E-state index is 10.6. The first-order valence-corrected chi connectivity index (χ1v) is 9.49. The zero-order chi connectivity index (χ0) is 19.5. The third-order valence-electron chi connectivity index (χ3n) is 5.29. The molecule has 0 bridgehead atoms.